The number of aryl methyl sites for hydroxylation is 1. The van der Waals surface area contributed by atoms with Crippen LogP contribution in [0.5, 0.6) is 0 Å². The van der Waals surface area contributed by atoms with Crippen LogP contribution in [0.15, 0.2) is 12.1 Å². The van der Waals surface area contributed by atoms with Gasteiger partial charge in [-0.2, -0.15) is 0 Å². The molecule has 1 heterocycles. The van der Waals surface area contributed by atoms with E-state index in [9.17, 15) is 0 Å². The molecule has 0 bridgehead atoms. The monoisotopic (exact) mass is 152 g/mol. The summed E-state index contributed by atoms with van der Waals surface area (Å²) in [5.41, 5.74) is 5.00. The van der Waals surface area contributed by atoms with Gasteiger partial charge >= 0.3 is 0 Å². The van der Waals surface area contributed by atoms with E-state index in [4.69, 9.17) is 6.42 Å². The molecule has 56 valence electrons. The van der Waals surface area contributed by atoms with Gasteiger partial charge in [-0.3, -0.25) is 0 Å². The van der Waals surface area contributed by atoms with Crippen molar-refractivity contribution in [3.05, 3.63) is 35.1 Å². The van der Waals surface area contributed by atoms with Gasteiger partial charge in [-0.15, -0.1) is 6.42 Å². The summed E-state index contributed by atoms with van der Waals surface area (Å²) in [5.74, 6) is 2.70. The largest absolute Gasteiger partial charge is 0.157 e. The van der Waals surface area contributed by atoms with Gasteiger partial charge in [0.2, 0.25) is 0 Å². The van der Waals surface area contributed by atoms with Gasteiger partial charge in [-0.25, -0.2) is 0 Å². The fourth-order valence-corrected chi connectivity index (χ4v) is 1.66. The minimum atomic E-state index is 1.02. The molecule has 0 nitrogen and oxygen atoms in total. The number of benzene rings is 1. The molecular formula is C11H9B. The van der Waals surface area contributed by atoms with Crippen LogP contribution in [0.1, 0.15) is 16.7 Å². The summed E-state index contributed by atoms with van der Waals surface area (Å²) in [4.78, 5) is 0. The first kappa shape index (κ1) is 7.49. The third kappa shape index (κ3) is 0.957. The molecule has 0 amide bonds. The molecule has 0 fully saturated rings. The Balaban J connectivity index is 2.66. The Morgan fingerprint density at radius 2 is 2.33 bits per heavy atom. The van der Waals surface area contributed by atoms with Gasteiger partial charge in [0.25, 0.3) is 0 Å². The molecule has 1 aliphatic rings. The molecule has 0 spiro atoms. The van der Waals surface area contributed by atoms with Gasteiger partial charge in [0.15, 0.2) is 7.28 Å². The van der Waals surface area contributed by atoms with Crippen molar-refractivity contribution in [2.75, 3.05) is 0 Å². The van der Waals surface area contributed by atoms with Gasteiger partial charge in [-0.05, 0) is 25.0 Å². The molecule has 0 aromatic heterocycles. The minimum absolute atomic E-state index is 1.02. The lowest BCUT2D eigenvalue weighted by molar-refractivity contribution is 1.23. The second-order valence-electron chi connectivity index (χ2n) is 3.07. The maximum absolute atomic E-state index is 5.39. The standard InChI is InChI=1S/C11H9B/c1-3-9-5-4-8(2)10-6-7-12-11(9)10/h1,4-5,7H,6H2,2H3. The van der Waals surface area contributed by atoms with Crippen molar-refractivity contribution in [2.45, 2.75) is 13.3 Å². The van der Waals surface area contributed by atoms with Crippen LogP contribution in [0.4, 0.5) is 0 Å². The highest BCUT2D eigenvalue weighted by molar-refractivity contribution is 6.60. The van der Waals surface area contributed by atoms with Crippen LogP contribution < -0.4 is 5.46 Å². The van der Waals surface area contributed by atoms with Gasteiger partial charge < -0.3 is 0 Å². The molecule has 0 aliphatic carbocycles. The topological polar surface area (TPSA) is 0 Å². The average molecular weight is 152 g/mol. The van der Waals surface area contributed by atoms with Crippen LogP contribution >= 0.6 is 0 Å². The lowest BCUT2D eigenvalue weighted by atomic mass is 9.70. The predicted octanol–water partition coefficient (Wildman–Crippen LogP) is 1.02. The summed E-state index contributed by atoms with van der Waals surface area (Å²) >= 11 is 0. The van der Waals surface area contributed by atoms with Crippen LogP contribution in [0.25, 0.3) is 0 Å². The first-order valence-corrected chi connectivity index (χ1v) is 4.08. The molecule has 0 atom stereocenters. The zero-order valence-electron chi connectivity index (χ0n) is 7.09. The van der Waals surface area contributed by atoms with E-state index in [0.717, 1.165) is 12.0 Å². The number of fused-ring (bicyclic) bond motifs is 1. The van der Waals surface area contributed by atoms with Gasteiger partial charge in [0.1, 0.15) is 0 Å². The highest BCUT2D eigenvalue weighted by Crippen LogP contribution is 2.14. The van der Waals surface area contributed by atoms with Gasteiger partial charge in [0, 0.05) is 5.56 Å². The van der Waals surface area contributed by atoms with E-state index in [1.165, 1.54) is 16.6 Å². The Labute approximate surface area is 74.2 Å². The lowest BCUT2D eigenvalue weighted by Crippen LogP contribution is -2.16. The summed E-state index contributed by atoms with van der Waals surface area (Å²) in [6, 6.07) is 4.12. The molecule has 2 rings (SSSR count). The zero-order chi connectivity index (χ0) is 8.55. The highest BCUT2D eigenvalue weighted by Gasteiger charge is 2.16. The minimum Gasteiger partial charge on any atom is -0.115 e. The molecule has 0 saturated carbocycles. The van der Waals surface area contributed by atoms with Crippen molar-refractivity contribution in [3.8, 4) is 12.3 Å². The molecule has 0 unspecified atom stereocenters. The van der Waals surface area contributed by atoms with Crippen molar-refractivity contribution in [2.24, 2.45) is 0 Å². The molecule has 0 saturated heterocycles. The average Bonchev–Trinajstić information content (AvgIpc) is 2.54. The smallest absolute Gasteiger partial charge is 0.115 e. The highest BCUT2D eigenvalue weighted by atomic mass is 14.1. The van der Waals surface area contributed by atoms with Crippen LogP contribution in [0, 0.1) is 25.6 Å². The third-order valence-electron chi connectivity index (χ3n) is 2.35. The van der Waals surface area contributed by atoms with Crippen molar-refractivity contribution >= 4 is 12.7 Å². The fraction of sp³-hybridized carbons (Fsp3) is 0.182. The van der Waals surface area contributed by atoms with Crippen molar-refractivity contribution in [1.29, 1.82) is 0 Å². The molecule has 1 aromatic carbocycles. The van der Waals surface area contributed by atoms with Crippen LogP contribution in [-0.2, 0) is 6.42 Å². The second kappa shape index (κ2) is 2.71. The number of hydrogen-bond donors (Lipinski definition) is 0. The summed E-state index contributed by atoms with van der Waals surface area (Å²) in [6.07, 6.45) is 8.59. The number of hydrogen-bond acceptors (Lipinski definition) is 0. The first-order chi connectivity index (χ1) is 5.83. The molecule has 1 aliphatic heterocycles. The zero-order valence-corrected chi connectivity index (χ0v) is 7.09. The molecule has 12 heavy (non-hydrogen) atoms. The van der Waals surface area contributed by atoms with E-state index in [1.54, 1.807) is 0 Å². The molecule has 1 heteroatoms. The normalized spacial score (nSPS) is 13.3. The second-order valence-corrected chi connectivity index (χ2v) is 3.07. The lowest BCUT2D eigenvalue weighted by Gasteiger charge is -2.05. The maximum Gasteiger partial charge on any atom is 0.157 e. The number of rotatable bonds is 0. The SMILES string of the molecule is C#Cc1ccc(C)c2c1[B][CH]C2. The summed E-state index contributed by atoms with van der Waals surface area (Å²) in [7, 11) is 2.12. The molecule has 1 aromatic rings. The molecule has 2 radical (unpaired) electrons. The Morgan fingerprint density at radius 3 is 3.08 bits per heavy atom. The van der Waals surface area contributed by atoms with Crippen LogP contribution in [-0.4, -0.2) is 7.28 Å². The first-order valence-electron chi connectivity index (χ1n) is 4.08. The van der Waals surface area contributed by atoms with E-state index in [1.807, 2.05) is 6.07 Å². The van der Waals surface area contributed by atoms with E-state index in [0.29, 0.717) is 0 Å². The van der Waals surface area contributed by atoms with Crippen LogP contribution in [0.3, 0.4) is 0 Å². The van der Waals surface area contributed by atoms with E-state index in [2.05, 4.69) is 32.5 Å². The molecule has 0 N–H and O–H groups in total. The summed E-state index contributed by atoms with van der Waals surface area (Å²) in [5, 5.41) is 0. The summed E-state index contributed by atoms with van der Waals surface area (Å²) < 4.78 is 0. The Bertz CT molecular complexity index is 358. The van der Waals surface area contributed by atoms with Crippen molar-refractivity contribution in [1.82, 2.24) is 0 Å². The fourth-order valence-electron chi connectivity index (χ4n) is 1.66. The van der Waals surface area contributed by atoms with E-state index >= 15 is 0 Å². The maximum atomic E-state index is 5.39. The van der Waals surface area contributed by atoms with Crippen molar-refractivity contribution < 1.29 is 0 Å². The Morgan fingerprint density at radius 1 is 1.50 bits per heavy atom. The number of terminal acetylenes is 1. The Kier molecular flexibility index (Phi) is 1.69. The van der Waals surface area contributed by atoms with Gasteiger partial charge in [0.05, 0.1) is 0 Å². The third-order valence-corrected chi connectivity index (χ3v) is 2.35. The van der Waals surface area contributed by atoms with E-state index < -0.39 is 0 Å². The van der Waals surface area contributed by atoms with Gasteiger partial charge in [-0.1, -0.05) is 29.3 Å². The van der Waals surface area contributed by atoms with E-state index in [-0.39, 0.29) is 0 Å². The Hall–Kier alpha value is -1.16. The predicted molar refractivity (Wildman–Crippen MR) is 52.5 cm³/mol. The quantitative estimate of drug-likeness (QED) is 0.384. The van der Waals surface area contributed by atoms with Crippen molar-refractivity contribution in [3.63, 3.8) is 0 Å². The van der Waals surface area contributed by atoms with Crippen LogP contribution in [0.2, 0.25) is 0 Å². The molecular weight excluding hydrogens is 143 g/mol. The summed E-state index contributed by atoms with van der Waals surface area (Å²) in [6.45, 7) is 2.13.